The van der Waals surface area contributed by atoms with Gasteiger partial charge in [-0.15, -0.1) is 10.2 Å². The number of anilines is 2. The predicted molar refractivity (Wildman–Crippen MR) is 121 cm³/mol. The topological polar surface area (TPSA) is 119 Å². The molecule has 1 aliphatic heterocycles. The number of aromatic nitrogens is 4. The number of carbonyl (C=O) groups excluding carboxylic acids is 1. The van der Waals surface area contributed by atoms with Crippen molar-refractivity contribution in [3.63, 3.8) is 0 Å². The highest BCUT2D eigenvalue weighted by molar-refractivity contribution is 7.19. The van der Waals surface area contributed by atoms with Gasteiger partial charge in [0.15, 0.2) is 0 Å². The number of piperidine rings is 1. The van der Waals surface area contributed by atoms with Gasteiger partial charge in [-0.3, -0.25) is 14.9 Å². The summed E-state index contributed by atoms with van der Waals surface area (Å²) in [6.07, 6.45) is 4.68. The van der Waals surface area contributed by atoms with Crippen molar-refractivity contribution < 1.29 is 9.72 Å². The second-order valence-electron chi connectivity index (χ2n) is 7.51. The van der Waals surface area contributed by atoms with Crippen LogP contribution in [0.1, 0.15) is 29.6 Å². The SMILES string of the molecule is O=C(Nc1cccc(-c2nn3cnnc3s2)c1)c1ccc(N2CCCCC2)c([N+](=O)[O-])c1. The Labute approximate surface area is 186 Å². The largest absolute Gasteiger partial charge is 0.366 e. The number of nitrogens with zero attached hydrogens (tertiary/aromatic N) is 6. The van der Waals surface area contributed by atoms with Crippen molar-refractivity contribution in [2.75, 3.05) is 23.3 Å². The lowest BCUT2D eigenvalue weighted by Gasteiger charge is -2.28. The first-order valence-electron chi connectivity index (χ1n) is 10.2. The highest BCUT2D eigenvalue weighted by Gasteiger charge is 2.23. The van der Waals surface area contributed by atoms with Gasteiger partial charge in [-0.25, -0.2) is 0 Å². The number of nitro benzene ring substituents is 1. The number of hydrogen-bond donors (Lipinski definition) is 1. The molecule has 11 heteroatoms. The van der Waals surface area contributed by atoms with Gasteiger partial charge in [0, 0.05) is 36.0 Å². The van der Waals surface area contributed by atoms with Crippen molar-refractivity contribution in [3.05, 3.63) is 64.5 Å². The maximum absolute atomic E-state index is 12.8. The lowest BCUT2D eigenvalue weighted by Crippen LogP contribution is -2.30. The Kier molecular flexibility index (Phi) is 5.23. The maximum atomic E-state index is 12.8. The normalized spacial score (nSPS) is 13.9. The van der Waals surface area contributed by atoms with E-state index < -0.39 is 10.8 Å². The average Bonchev–Trinajstić information content (AvgIpc) is 3.42. The van der Waals surface area contributed by atoms with Crippen LogP contribution in [0.2, 0.25) is 0 Å². The minimum atomic E-state index is -0.422. The lowest BCUT2D eigenvalue weighted by atomic mass is 10.1. The fraction of sp³-hybridized carbons (Fsp3) is 0.238. The van der Waals surface area contributed by atoms with Crippen LogP contribution in [0.4, 0.5) is 17.1 Å². The molecule has 1 amide bonds. The van der Waals surface area contributed by atoms with Gasteiger partial charge in [-0.2, -0.15) is 9.61 Å². The molecule has 32 heavy (non-hydrogen) atoms. The van der Waals surface area contributed by atoms with Crippen molar-refractivity contribution in [1.82, 2.24) is 19.8 Å². The van der Waals surface area contributed by atoms with Crippen LogP contribution in [0.25, 0.3) is 15.5 Å². The van der Waals surface area contributed by atoms with Gasteiger partial charge in [-0.1, -0.05) is 23.5 Å². The summed E-state index contributed by atoms with van der Waals surface area (Å²) in [5.41, 5.74) is 2.15. The molecule has 162 valence electrons. The van der Waals surface area contributed by atoms with Crippen LogP contribution >= 0.6 is 11.3 Å². The van der Waals surface area contributed by atoms with Crippen LogP contribution in [-0.4, -0.2) is 43.7 Å². The molecule has 1 aliphatic rings. The van der Waals surface area contributed by atoms with E-state index in [1.54, 1.807) is 28.8 Å². The van der Waals surface area contributed by atoms with Crippen LogP contribution in [-0.2, 0) is 0 Å². The lowest BCUT2D eigenvalue weighted by molar-refractivity contribution is -0.384. The van der Waals surface area contributed by atoms with Crippen LogP contribution < -0.4 is 10.2 Å². The standard InChI is InChI=1S/C21H19N7O3S/c29-19(14-7-8-17(18(12-14)28(30)31)26-9-2-1-3-10-26)23-16-6-4-5-15(11-16)20-25-27-13-22-24-21(27)32-20/h4-8,11-13H,1-3,9-10H2,(H,23,29). The molecule has 0 aliphatic carbocycles. The summed E-state index contributed by atoms with van der Waals surface area (Å²) in [6, 6.07) is 11.9. The number of fused-ring (bicyclic) bond motifs is 1. The molecule has 1 saturated heterocycles. The van der Waals surface area contributed by atoms with Gasteiger partial charge in [0.25, 0.3) is 11.6 Å². The average molecular weight is 449 g/mol. The van der Waals surface area contributed by atoms with Gasteiger partial charge in [0.1, 0.15) is 17.0 Å². The van der Waals surface area contributed by atoms with E-state index in [1.165, 1.54) is 23.7 Å². The van der Waals surface area contributed by atoms with Crippen molar-refractivity contribution in [2.24, 2.45) is 0 Å². The third kappa shape index (κ3) is 3.89. The smallest absolute Gasteiger partial charge is 0.293 e. The first-order chi connectivity index (χ1) is 15.6. The quantitative estimate of drug-likeness (QED) is 0.361. The molecule has 3 heterocycles. The molecule has 5 rings (SSSR count). The molecule has 1 fully saturated rings. The van der Waals surface area contributed by atoms with E-state index in [-0.39, 0.29) is 11.3 Å². The van der Waals surface area contributed by atoms with Crippen LogP contribution in [0.15, 0.2) is 48.8 Å². The van der Waals surface area contributed by atoms with Gasteiger partial charge in [0.05, 0.1) is 4.92 Å². The summed E-state index contributed by atoms with van der Waals surface area (Å²) in [5, 5.41) is 27.5. The number of nitro groups is 1. The van der Waals surface area contributed by atoms with E-state index in [4.69, 9.17) is 0 Å². The zero-order valence-corrected chi connectivity index (χ0v) is 17.8. The van der Waals surface area contributed by atoms with Gasteiger partial charge in [-0.05, 0) is 43.5 Å². The Bertz CT molecular complexity index is 1280. The molecule has 0 spiro atoms. The Morgan fingerprint density at radius 3 is 2.75 bits per heavy atom. The van der Waals surface area contributed by atoms with E-state index in [0.29, 0.717) is 16.3 Å². The minimum absolute atomic E-state index is 0.0481. The fourth-order valence-corrected chi connectivity index (χ4v) is 4.64. The first-order valence-corrected chi connectivity index (χ1v) is 11.0. The van der Waals surface area contributed by atoms with E-state index >= 15 is 0 Å². The monoisotopic (exact) mass is 449 g/mol. The predicted octanol–water partition coefficient (Wildman–Crippen LogP) is 4.00. The summed E-state index contributed by atoms with van der Waals surface area (Å²) in [7, 11) is 0. The van der Waals surface area contributed by atoms with Gasteiger partial charge in [0.2, 0.25) is 4.96 Å². The molecular formula is C21H19N7O3S. The Balaban J connectivity index is 1.38. The van der Waals surface area contributed by atoms with E-state index in [1.807, 2.05) is 17.0 Å². The summed E-state index contributed by atoms with van der Waals surface area (Å²) >= 11 is 1.39. The summed E-state index contributed by atoms with van der Waals surface area (Å²) < 4.78 is 1.59. The second kappa shape index (κ2) is 8.35. The number of amides is 1. The fourth-order valence-electron chi connectivity index (χ4n) is 3.82. The summed E-state index contributed by atoms with van der Waals surface area (Å²) in [6.45, 7) is 1.58. The molecule has 1 N–H and O–H groups in total. The van der Waals surface area contributed by atoms with Gasteiger partial charge < -0.3 is 10.2 Å². The van der Waals surface area contributed by atoms with Gasteiger partial charge >= 0.3 is 0 Å². The molecular weight excluding hydrogens is 430 g/mol. The first kappa shape index (κ1) is 20.1. The van der Waals surface area contributed by atoms with Crippen molar-refractivity contribution in [1.29, 1.82) is 0 Å². The Hall–Kier alpha value is -3.86. The number of rotatable bonds is 5. The second-order valence-corrected chi connectivity index (χ2v) is 8.46. The van der Waals surface area contributed by atoms with E-state index in [2.05, 4.69) is 20.6 Å². The molecule has 0 radical (unpaired) electrons. The summed E-state index contributed by atoms with van der Waals surface area (Å²) in [5.74, 6) is -0.409. The van der Waals surface area contributed by atoms with Crippen LogP contribution in [0.5, 0.6) is 0 Å². The van der Waals surface area contributed by atoms with E-state index in [0.717, 1.165) is 42.9 Å². The Morgan fingerprint density at radius 1 is 1.12 bits per heavy atom. The maximum Gasteiger partial charge on any atom is 0.293 e. The number of carbonyl (C=O) groups is 1. The molecule has 0 unspecified atom stereocenters. The Morgan fingerprint density at radius 2 is 1.97 bits per heavy atom. The zero-order chi connectivity index (χ0) is 22.1. The number of benzene rings is 2. The molecule has 0 atom stereocenters. The zero-order valence-electron chi connectivity index (χ0n) is 17.0. The minimum Gasteiger partial charge on any atom is -0.366 e. The van der Waals surface area contributed by atoms with Crippen molar-refractivity contribution in [3.8, 4) is 10.6 Å². The van der Waals surface area contributed by atoms with E-state index in [9.17, 15) is 14.9 Å². The molecule has 10 nitrogen and oxygen atoms in total. The molecule has 2 aromatic carbocycles. The third-order valence-electron chi connectivity index (χ3n) is 5.39. The summed E-state index contributed by atoms with van der Waals surface area (Å²) in [4.78, 5) is 26.8. The molecule has 0 saturated carbocycles. The highest BCUT2D eigenvalue weighted by atomic mass is 32.1. The van der Waals surface area contributed by atoms with Crippen LogP contribution in [0.3, 0.4) is 0 Å². The van der Waals surface area contributed by atoms with Crippen LogP contribution in [0, 0.1) is 10.1 Å². The molecule has 4 aromatic rings. The molecule has 0 bridgehead atoms. The van der Waals surface area contributed by atoms with Crippen molar-refractivity contribution in [2.45, 2.75) is 19.3 Å². The number of hydrogen-bond acceptors (Lipinski definition) is 8. The third-order valence-corrected chi connectivity index (χ3v) is 6.35. The number of nitrogens with one attached hydrogen (secondary N) is 1. The van der Waals surface area contributed by atoms with Crippen molar-refractivity contribution >= 4 is 39.3 Å². The highest BCUT2D eigenvalue weighted by Crippen LogP contribution is 2.32. The molecule has 2 aromatic heterocycles.